The van der Waals surface area contributed by atoms with Gasteiger partial charge >= 0.3 is 0 Å². The highest BCUT2D eigenvalue weighted by Crippen LogP contribution is 2.23. The molecule has 0 unspecified atom stereocenters. The summed E-state index contributed by atoms with van der Waals surface area (Å²) in [4.78, 5) is 12.6. The fourth-order valence-corrected chi connectivity index (χ4v) is 4.12. The number of nitrogens with one attached hydrogen (secondary N) is 1. The summed E-state index contributed by atoms with van der Waals surface area (Å²) in [5.41, 5.74) is 1.44. The van der Waals surface area contributed by atoms with E-state index in [1.54, 1.807) is 48.5 Å². The monoisotopic (exact) mass is 374 g/mol. The number of sulfonamides is 1. The topological polar surface area (TPSA) is 66.5 Å². The quantitative estimate of drug-likeness (QED) is 0.769. The third-order valence-corrected chi connectivity index (χ3v) is 5.86. The van der Waals surface area contributed by atoms with Gasteiger partial charge in [0.1, 0.15) is 6.54 Å². The van der Waals surface area contributed by atoms with Gasteiger partial charge in [0.05, 0.1) is 10.6 Å². The molecule has 0 aromatic heterocycles. The fourth-order valence-electron chi connectivity index (χ4n) is 2.70. The lowest BCUT2D eigenvalue weighted by Gasteiger charge is -2.25. The maximum Gasteiger partial charge on any atom is 0.264 e. The summed E-state index contributed by atoms with van der Waals surface area (Å²) in [6.45, 7) is 5.60. The second kappa shape index (κ2) is 8.85. The Morgan fingerprint density at radius 1 is 1.08 bits per heavy atom. The van der Waals surface area contributed by atoms with Crippen LogP contribution in [-0.4, -0.2) is 26.9 Å². The minimum atomic E-state index is -3.84. The van der Waals surface area contributed by atoms with Crippen molar-refractivity contribution >= 4 is 21.6 Å². The minimum absolute atomic E-state index is 0.00667. The Labute approximate surface area is 156 Å². The average Bonchev–Trinajstić information content (AvgIpc) is 2.61. The largest absolute Gasteiger partial charge is 0.352 e. The zero-order chi connectivity index (χ0) is 19.2. The average molecular weight is 375 g/mol. The van der Waals surface area contributed by atoms with Crippen LogP contribution in [0.3, 0.4) is 0 Å². The predicted molar refractivity (Wildman–Crippen MR) is 105 cm³/mol. The number of anilines is 1. The Hall–Kier alpha value is -2.34. The highest BCUT2D eigenvalue weighted by atomic mass is 32.2. The summed E-state index contributed by atoms with van der Waals surface area (Å²) < 4.78 is 27.4. The van der Waals surface area contributed by atoms with Crippen LogP contribution in [-0.2, 0) is 14.8 Å². The summed E-state index contributed by atoms with van der Waals surface area (Å²) in [6, 6.07) is 15.3. The van der Waals surface area contributed by atoms with Crippen LogP contribution in [0, 0.1) is 6.92 Å². The summed E-state index contributed by atoms with van der Waals surface area (Å²) in [7, 11) is -3.84. The molecule has 0 saturated heterocycles. The molecule has 1 N–H and O–H groups in total. The molecule has 0 heterocycles. The number of aryl methyl sites for hydroxylation is 1. The van der Waals surface area contributed by atoms with Crippen molar-refractivity contribution in [2.45, 2.75) is 44.6 Å². The number of para-hydroxylation sites is 1. The first kappa shape index (κ1) is 20.0. The molecule has 0 saturated carbocycles. The van der Waals surface area contributed by atoms with Gasteiger partial charge in [-0.15, -0.1) is 0 Å². The maximum absolute atomic E-state index is 13.1. The van der Waals surface area contributed by atoms with Gasteiger partial charge in [-0.05, 0) is 44.5 Å². The molecule has 140 valence electrons. The molecule has 0 aliphatic heterocycles. The van der Waals surface area contributed by atoms with Gasteiger partial charge in [0.15, 0.2) is 0 Å². The van der Waals surface area contributed by atoms with E-state index in [2.05, 4.69) is 5.32 Å². The molecule has 1 atom stereocenters. The van der Waals surface area contributed by atoms with Crippen molar-refractivity contribution < 1.29 is 13.2 Å². The molecule has 0 radical (unpaired) electrons. The predicted octanol–water partition coefficient (Wildman–Crippen LogP) is 3.50. The molecule has 2 aromatic rings. The molecule has 2 rings (SSSR count). The van der Waals surface area contributed by atoms with Gasteiger partial charge in [0.25, 0.3) is 10.0 Å². The highest BCUT2D eigenvalue weighted by molar-refractivity contribution is 7.92. The Kier molecular flexibility index (Phi) is 6.80. The van der Waals surface area contributed by atoms with Gasteiger partial charge in [-0.1, -0.05) is 49.2 Å². The van der Waals surface area contributed by atoms with Gasteiger partial charge < -0.3 is 5.32 Å². The Balaban J connectivity index is 2.33. The molecule has 2 aromatic carbocycles. The smallest absolute Gasteiger partial charge is 0.264 e. The lowest BCUT2D eigenvalue weighted by Crippen LogP contribution is -2.43. The van der Waals surface area contributed by atoms with Crippen molar-refractivity contribution in [2.75, 3.05) is 10.8 Å². The normalized spacial score (nSPS) is 12.4. The van der Waals surface area contributed by atoms with Crippen LogP contribution in [0.1, 0.15) is 32.3 Å². The molecule has 0 spiro atoms. The fraction of sp³-hybridized carbons (Fsp3) is 0.350. The van der Waals surface area contributed by atoms with E-state index in [4.69, 9.17) is 0 Å². The maximum atomic E-state index is 13.1. The van der Waals surface area contributed by atoms with Gasteiger partial charge in [-0.3, -0.25) is 9.10 Å². The van der Waals surface area contributed by atoms with E-state index in [-0.39, 0.29) is 23.4 Å². The first-order valence-corrected chi connectivity index (χ1v) is 10.2. The van der Waals surface area contributed by atoms with Crippen LogP contribution in [0.15, 0.2) is 59.5 Å². The highest BCUT2D eigenvalue weighted by Gasteiger charge is 2.27. The van der Waals surface area contributed by atoms with Gasteiger partial charge in [0, 0.05) is 6.04 Å². The molecule has 5 nitrogen and oxygen atoms in total. The van der Waals surface area contributed by atoms with E-state index in [9.17, 15) is 13.2 Å². The molecule has 0 aliphatic carbocycles. The Bertz CT molecular complexity index is 818. The zero-order valence-electron chi connectivity index (χ0n) is 15.5. The standard InChI is InChI=1S/C20H26N2O3S/c1-4-8-17(3)21-20(23)15-22(18-9-6-5-7-10-18)26(24,25)19-13-11-16(2)12-14-19/h5-7,9-14,17H,4,8,15H2,1-3H3,(H,21,23)/t17-/m0/s1. The third kappa shape index (κ3) is 5.08. The number of carbonyl (C=O) groups excluding carboxylic acids is 1. The van der Waals surface area contributed by atoms with Crippen LogP contribution >= 0.6 is 0 Å². The molecule has 0 fully saturated rings. The van der Waals surface area contributed by atoms with Crippen LogP contribution < -0.4 is 9.62 Å². The number of carbonyl (C=O) groups is 1. The number of rotatable bonds is 8. The molecule has 6 heteroatoms. The van der Waals surface area contributed by atoms with Crippen LogP contribution in [0.2, 0.25) is 0 Å². The summed E-state index contributed by atoms with van der Waals surface area (Å²) >= 11 is 0. The van der Waals surface area contributed by atoms with E-state index in [0.29, 0.717) is 5.69 Å². The van der Waals surface area contributed by atoms with Gasteiger partial charge in [-0.25, -0.2) is 8.42 Å². The van der Waals surface area contributed by atoms with Crippen molar-refractivity contribution in [3.05, 3.63) is 60.2 Å². The number of hydrogen-bond donors (Lipinski definition) is 1. The lowest BCUT2D eigenvalue weighted by molar-refractivity contribution is -0.120. The summed E-state index contributed by atoms with van der Waals surface area (Å²) in [6.07, 6.45) is 1.80. The van der Waals surface area contributed by atoms with Crippen LogP contribution in [0.4, 0.5) is 5.69 Å². The van der Waals surface area contributed by atoms with E-state index < -0.39 is 10.0 Å². The second-order valence-electron chi connectivity index (χ2n) is 6.42. The van der Waals surface area contributed by atoms with E-state index in [1.807, 2.05) is 26.8 Å². The first-order valence-electron chi connectivity index (χ1n) is 8.78. The Morgan fingerprint density at radius 3 is 2.27 bits per heavy atom. The van der Waals surface area contributed by atoms with Gasteiger partial charge in [0.2, 0.25) is 5.91 Å². The number of nitrogens with zero attached hydrogens (tertiary/aromatic N) is 1. The van der Waals surface area contributed by atoms with Crippen LogP contribution in [0.25, 0.3) is 0 Å². The third-order valence-electron chi connectivity index (χ3n) is 4.07. The number of hydrogen-bond acceptors (Lipinski definition) is 3. The van der Waals surface area contributed by atoms with E-state index in [0.717, 1.165) is 22.7 Å². The minimum Gasteiger partial charge on any atom is -0.352 e. The van der Waals surface area contributed by atoms with E-state index >= 15 is 0 Å². The second-order valence-corrected chi connectivity index (χ2v) is 8.28. The van der Waals surface area contributed by atoms with E-state index in [1.165, 1.54) is 0 Å². The van der Waals surface area contributed by atoms with Crippen molar-refractivity contribution in [3.63, 3.8) is 0 Å². The zero-order valence-corrected chi connectivity index (χ0v) is 16.3. The molecule has 1 amide bonds. The Morgan fingerprint density at radius 2 is 1.69 bits per heavy atom. The summed E-state index contributed by atoms with van der Waals surface area (Å²) in [5, 5.41) is 2.87. The lowest BCUT2D eigenvalue weighted by atomic mass is 10.2. The number of benzene rings is 2. The molecule has 0 aliphatic rings. The van der Waals surface area contributed by atoms with Gasteiger partial charge in [-0.2, -0.15) is 0 Å². The molecule has 0 bridgehead atoms. The molecular weight excluding hydrogens is 348 g/mol. The first-order chi connectivity index (χ1) is 12.3. The SMILES string of the molecule is CCC[C@H](C)NC(=O)CN(c1ccccc1)S(=O)(=O)c1ccc(C)cc1. The molecule has 26 heavy (non-hydrogen) atoms. The van der Waals surface area contributed by atoms with Crippen molar-refractivity contribution in [1.29, 1.82) is 0 Å². The van der Waals surface area contributed by atoms with Crippen molar-refractivity contribution in [2.24, 2.45) is 0 Å². The number of amides is 1. The summed E-state index contributed by atoms with van der Waals surface area (Å²) in [5.74, 6) is -0.314. The molecular formula is C20H26N2O3S. The van der Waals surface area contributed by atoms with Crippen molar-refractivity contribution in [3.8, 4) is 0 Å². The van der Waals surface area contributed by atoms with Crippen LogP contribution in [0.5, 0.6) is 0 Å². The van der Waals surface area contributed by atoms with Crippen molar-refractivity contribution in [1.82, 2.24) is 5.32 Å².